The van der Waals surface area contributed by atoms with Crippen LogP contribution in [0.5, 0.6) is 0 Å². The predicted molar refractivity (Wildman–Crippen MR) is 47.9 cm³/mol. The third-order valence-electron chi connectivity index (χ3n) is 2.80. The molecule has 0 heteroatoms. The van der Waals surface area contributed by atoms with Crippen LogP contribution in [-0.2, 0) is 6.42 Å². The van der Waals surface area contributed by atoms with Crippen LogP contribution in [0.25, 0.3) is 0 Å². The maximum absolute atomic E-state index is 2.32. The Balaban J connectivity index is 2.57. The van der Waals surface area contributed by atoms with E-state index in [1.165, 1.54) is 18.4 Å². The molecule has 0 spiro atoms. The summed E-state index contributed by atoms with van der Waals surface area (Å²) in [5.74, 6) is 0.796. The molecule has 1 atom stereocenters. The Bertz CT molecular complexity index is 273. The minimum absolute atomic E-state index is 0.796. The Labute approximate surface area is 68.3 Å². The Morgan fingerprint density at radius 3 is 2.91 bits per heavy atom. The van der Waals surface area contributed by atoms with Crippen molar-refractivity contribution >= 4 is 0 Å². The van der Waals surface area contributed by atoms with Gasteiger partial charge in [-0.3, -0.25) is 0 Å². The summed E-state index contributed by atoms with van der Waals surface area (Å²) < 4.78 is 0. The van der Waals surface area contributed by atoms with Gasteiger partial charge in [-0.25, -0.2) is 0 Å². The summed E-state index contributed by atoms with van der Waals surface area (Å²) in [5, 5.41) is 0. The molecule has 0 amide bonds. The molecule has 1 aromatic rings. The zero-order valence-electron chi connectivity index (χ0n) is 7.22. The van der Waals surface area contributed by atoms with Crippen molar-refractivity contribution in [3.8, 4) is 0 Å². The maximum atomic E-state index is 2.32. The second-order valence-corrected chi connectivity index (χ2v) is 3.58. The van der Waals surface area contributed by atoms with E-state index in [0.29, 0.717) is 0 Å². The van der Waals surface area contributed by atoms with Crippen molar-refractivity contribution in [2.24, 2.45) is 0 Å². The average Bonchev–Trinajstić information content (AvgIpc) is 2.35. The SMILES string of the molecule is Cc1cccc2c1CC[C@H]2C. The van der Waals surface area contributed by atoms with Crippen LogP contribution in [0.3, 0.4) is 0 Å². The quantitative estimate of drug-likeness (QED) is 0.527. The molecule has 1 aliphatic rings. The standard InChI is InChI=1S/C11H14/c1-8-4-3-5-10-9(2)6-7-11(8)10/h3-5,9H,6-7H2,1-2H3/t9-/m1/s1. The van der Waals surface area contributed by atoms with Gasteiger partial charge in [-0.2, -0.15) is 0 Å². The van der Waals surface area contributed by atoms with Crippen molar-refractivity contribution in [3.63, 3.8) is 0 Å². The zero-order chi connectivity index (χ0) is 7.84. The monoisotopic (exact) mass is 146 g/mol. The first-order valence-electron chi connectivity index (χ1n) is 4.37. The summed E-state index contributed by atoms with van der Waals surface area (Å²) in [7, 11) is 0. The van der Waals surface area contributed by atoms with Crippen LogP contribution in [0.4, 0.5) is 0 Å². The first-order chi connectivity index (χ1) is 5.29. The zero-order valence-corrected chi connectivity index (χ0v) is 7.22. The van der Waals surface area contributed by atoms with Gasteiger partial charge >= 0.3 is 0 Å². The molecular weight excluding hydrogens is 132 g/mol. The Morgan fingerprint density at radius 1 is 1.36 bits per heavy atom. The van der Waals surface area contributed by atoms with Crippen molar-refractivity contribution in [2.75, 3.05) is 0 Å². The van der Waals surface area contributed by atoms with Gasteiger partial charge in [0.15, 0.2) is 0 Å². The van der Waals surface area contributed by atoms with Gasteiger partial charge in [-0.15, -0.1) is 0 Å². The lowest BCUT2D eigenvalue weighted by Crippen LogP contribution is -1.87. The fraction of sp³-hybridized carbons (Fsp3) is 0.455. The molecule has 0 aromatic heterocycles. The van der Waals surface area contributed by atoms with Crippen molar-refractivity contribution < 1.29 is 0 Å². The lowest BCUT2D eigenvalue weighted by atomic mass is 10.0. The second kappa shape index (κ2) is 2.37. The molecule has 1 aromatic carbocycles. The van der Waals surface area contributed by atoms with E-state index in [0.717, 1.165) is 5.92 Å². The average molecular weight is 146 g/mol. The fourth-order valence-electron chi connectivity index (χ4n) is 2.04. The molecule has 2 rings (SSSR count). The van der Waals surface area contributed by atoms with E-state index in [4.69, 9.17) is 0 Å². The molecule has 0 saturated carbocycles. The number of aryl methyl sites for hydroxylation is 1. The van der Waals surface area contributed by atoms with E-state index in [1.54, 1.807) is 11.1 Å². The molecule has 0 heterocycles. The lowest BCUT2D eigenvalue weighted by molar-refractivity contribution is 0.747. The minimum atomic E-state index is 0.796. The third-order valence-corrected chi connectivity index (χ3v) is 2.80. The van der Waals surface area contributed by atoms with Gasteiger partial charge < -0.3 is 0 Å². The van der Waals surface area contributed by atoms with Crippen LogP contribution in [0.15, 0.2) is 18.2 Å². The number of hydrogen-bond acceptors (Lipinski definition) is 0. The molecule has 0 unspecified atom stereocenters. The largest absolute Gasteiger partial charge is 0.0617 e. The lowest BCUT2D eigenvalue weighted by Gasteiger charge is -2.04. The molecule has 0 saturated heterocycles. The van der Waals surface area contributed by atoms with Crippen molar-refractivity contribution in [3.05, 3.63) is 34.9 Å². The first kappa shape index (κ1) is 6.90. The summed E-state index contributed by atoms with van der Waals surface area (Å²) in [6, 6.07) is 6.67. The summed E-state index contributed by atoms with van der Waals surface area (Å²) >= 11 is 0. The number of benzene rings is 1. The minimum Gasteiger partial charge on any atom is -0.0617 e. The highest BCUT2D eigenvalue weighted by Crippen LogP contribution is 2.33. The Morgan fingerprint density at radius 2 is 2.18 bits per heavy atom. The van der Waals surface area contributed by atoms with Gasteiger partial charge in [0.25, 0.3) is 0 Å². The highest BCUT2D eigenvalue weighted by atomic mass is 14.2. The van der Waals surface area contributed by atoms with Crippen LogP contribution in [0, 0.1) is 6.92 Å². The highest BCUT2D eigenvalue weighted by Gasteiger charge is 2.18. The maximum Gasteiger partial charge on any atom is -0.0184 e. The molecule has 1 aliphatic carbocycles. The molecule has 0 N–H and O–H groups in total. The van der Waals surface area contributed by atoms with Crippen molar-refractivity contribution in [1.29, 1.82) is 0 Å². The molecule has 0 bridgehead atoms. The number of hydrogen-bond donors (Lipinski definition) is 0. The van der Waals surface area contributed by atoms with E-state index in [1.807, 2.05) is 0 Å². The van der Waals surface area contributed by atoms with E-state index in [9.17, 15) is 0 Å². The van der Waals surface area contributed by atoms with Gasteiger partial charge in [-0.1, -0.05) is 25.1 Å². The summed E-state index contributed by atoms with van der Waals surface area (Å²) in [6.07, 6.45) is 2.64. The van der Waals surface area contributed by atoms with Gasteiger partial charge in [0.2, 0.25) is 0 Å². The van der Waals surface area contributed by atoms with Crippen LogP contribution < -0.4 is 0 Å². The number of fused-ring (bicyclic) bond motifs is 1. The Kier molecular flexibility index (Phi) is 1.49. The van der Waals surface area contributed by atoms with Crippen LogP contribution in [-0.4, -0.2) is 0 Å². The summed E-state index contributed by atoms with van der Waals surface area (Å²) in [5.41, 5.74) is 4.68. The van der Waals surface area contributed by atoms with Crippen molar-refractivity contribution in [1.82, 2.24) is 0 Å². The molecule has 58 valence electrons. The van der Waals surface area contributed by atoms with E-state index >= 15 is 0 Å². The van der Waals surface area contributed by atoms with E-state index < -0.39 is 0 Å². The molecule has 11 heavy (non-hydrogen) atoms. The van der Waals surface area contributed by atoms with Gasteiger partial charge in [-0.05, 0) is 42.4 Å². The predicted octanol–water partition coefficient (Wildman–Crippen LogP) is 3.04. The van der Waals surface area contributed by atoms with Gasteiger partial charge in [0, 0.05) is 0 Å². The molecular formula is C11H14. The van der Waals surface area contributed by atoms with Gasteiger partial charge in [0.1, 0.15) is 0 Å². The van der Waals surface area contributed by atoms with E-state index in [-0.39, 0.29) is 0 Å². The Hall–Kier alpha value is -0.780. The number of rotatable bonds is 0. The molecule has 0 fully saturated rings. The smallest absolute Gasteiger partial charge is 0.0184 e. The van der Waals surface area contributed by atoms with Gasteiger partial charge in [0.05, 0.1) is 0 Å². The topological polar surface area (TPSA) is 0 Å². The fourth-order valence-corrected chi connectivity index (χ4v) is 2.04. The summed E-state index contributed by atoms with van der Waals surface area (Å²) in [4.78, 5) is 0. The normalized spacial score (nSPS) is 21.8. The molecule has 0 radical (unpaired) electrons. The first-order valence-corrected chi connectivity index (χ1v) is 4.37. The molecule has 0 aliphatic heterocycles. The third kappa shape index (κ3) is 0.973. The van der Waals surface area contributed by atoms with Crippen molar-refractivity contribution in [2.45, 2.75) is 32.6 Å². The van der Waals surface area contributed by atoms with Crippen LogP contribution in [0.1, 0.15) is 36.0 Å². The van der Waals surface area contributed by atoms with Crippen LogP contribution in [0.2, 0.25) is 0 Å². The van der Waals surface area contributed by atoms with Crippen LogP contribution >= 0.6 is 0 Å². The second-order valence-electron chi connectivity index (χ2n) is 3.58. The van der Waals surface area contributed by atoms with E-state index in [2.05, 4.69) is 32.0 Å². The summed E-state index contributed by atoms with van der Waals surface area (Å²) in [6.45, 7) is 4.54. The highest BCUT2D eigenvalue weighted by molar-refractivity contribution is 5.39. The molecule has 0 nitrogen and oxygen atoms in total.